The number of morpholine rings is 1. The Morgan fingerprint density at radius 2 is 2.09 bits per heavy atom. The fourth-order valence-corrected chi connectivity index (χ4v) is 3.95. The minimum atomic E-state index is -3.09. The molecule has 1 aromatic rings. The second-order valence-corrected chi connectivity index (χ2v) is 9.83. The van der Waals surface area contributed by atoms with Crippen LogP contribution in [0.5, 0.6) is 5.75 Å². The van der Waals surface area contributed by atoms with Gasteiger partial charge in [0.25, 0.3) is 5.91 Å². The number of carbonyl (C=O) groups excluding carboxylic acids is 2. The summed E-state index contributed by atoms with van der Waals surface area (Å²) in [5.74, 6) is -0.313. The van der Waals surface area contributed by atoms with E-state index in [0.29, 0.717) is 31.3 Å². The smallest absolute Gasteiger partial charge is 0.387 e. The minimum Gasteiger partial charge on any atom is -0.433 e. The van der Waals surface area contributed by atoms with E-state index in [9.17, 15) is 18.4 Å². The van der Waals surface area contributed by atoms with E-state index in [1.807, 2.05) is 0 Å². The summed E-state index contributed by atoms with van der Waals surface area (Å²) >= 11 is 0. The van der Waals surface area contributed by atoms with Gasteiger partial charge in [0.2, 0.25) is 5.91 Å². The van der Waals surface area contributed by atoms with Gasteiger partial charge < -0.3 is 25.4 Å². The van der Waals surface area contributed by atoms with Crippen molar-refractivity contribution >= 4 is 23.2 Å². The molecule has 0 unspecified atom stereocenters. The van der Waals surface area contributed by atoms with Gasteiger partial charge in [-0.15, -0.1) is 0 Å². The van der Waals surface area contributed by atoms with Crippen LogP contribution in [0.3, 0.4) is 0 Å². The molecule has 10 heteroatoms. The molecule has 8 nitrogen and oxygen atoms in total. The van der Waals surface area contributed by atoms with Crippen LogP contribution in [0.15, 0.2) is 18.2 Å². The number of nitrogens with one attached hydrogen (secondary N) is 1. The van der Waals surface area contributed by atoms with Crippen LogP contribution in [-0.2, 0) is 14.3 Å². The molecule has 0 bridgehead atoms. The van der Waals surface area contributed by atoms with Crippen molar-refractivity contribution in [1.82, 2.24) is 4.90 Å². The van der Waals surface area contributed by atoms with Crippen molar-refractivity contribution in [2.45, 2.75) is 46.3 Å². The van der Waals surface area contributed by atoms with Crippen LogP contribution in [0, 0.1) is 11.3 Å². The number of carbonyl (C=O) groups is 2. The minimum absolute atomic E-state index is 0.0428. The Hall–Kier alpha value is -2.30. The lowest BCUT2D eigenvalue weighted by atomic mass is 9.94. The maximum absolute atomic E-state index is 13.2. The predicted molar refractivity (Wildman–Crippen MR) is 121 cm³/mol. The molecule has 1 heterocycles. The third-order valence-corrected chi connectivity index (χ3v) is 5.57. The normalized spacial score (nSPS) is 18.1. The Bertz CT molecular complexity index is 842. The number of nitrogens with two attached hydrogens (primary N) is 1. The molecule has 33 heavy (non-hydrogen) atoms. The van der Waals surface area contributed by atoms with Crippen molar-refractivity contribution in [2.75, 3.05) is 49.6 Å². The zero-order valence-corrected chi connectivity index (χ0v) is 19.5. The van der Waals surface area contributed by atoms with E-state index in [4.69, 9.17) is 10.5 Å². The van der Waals surface area contributed by atoms with Crippen molar-refractivity contribution < 1.29 is 27.8 Å². The number of ether oxygens (including phenoxy) is 2. The lowest BCUT2D eigenvalue weighted by Gasteiger charge is -2.35. The molecule has 1 atom stereocenters. The van der Waals surface area contributed by atoms with Gasteiger partial charge in [0.05, 0.1) is 12.3 Å². The lowest BCUT2D eigenvalue weighted by molar-refractivity contribution is -0.125. The highest BCUT2D eigenvalue weighted by Crippen LogP contribution is 2.34. The fraction of sp³-hybridized carbons (Fsp3) is 0.652. The standard InChI is InChI=1S/C23H34F2N4O4/c1-23(2,3)14-28(12-15-4-5-15)18(11-26)21(31)27-17-7-6-16(10-19(17)33-22(24)25)29-8-9-32-13-20(29)30/h6-7,10,15,18,22H,4-5,8-9,11-14,26H2,1-3H3,(H,27,31)/t18-/m0/s1. The first-order chi connectivity index (χ1) is 15.6. The van der Waals surface area contributed by atoms with Crippen LogP contribution in [0.25, 0.3) is 0 Å². The van der Waals surface area contributed by atoms with Crippen LogP contribution in [0.1, 0.15) is 33.6 Å². The maximum Gasteiger partial charge on any atom is 0.387 e. The molecule has 0 radical (unpaired) electrons. The number of nitrogens with zero attached hydrogens (tertiary/aromatic N) is 2. The molecule has 3 rings (SSSR count). The molecule has 2 fully saturated rings. The van der Waals surface area contributed by atoms with Gasteiger partial charge in [0, 0.05) is 37.9 Å². The Morgan fingerprint density at radius 1 is 1.36 bits per heavy atom. The summed E-state index contributed by atoms with van der Waals surface area (Å²) < 4.78 is 36.0. The number of anilines is 2. The summed E-state index contributed by atoms with van der Waals surface area (Å²) in [7, 11) is 0. The van der Waals surface area contributed by atoms with E-state index < -0.39 is 12.7 Å². The Morgan fingerprint density at radius 3 is 2.67 bits per heavy atom. The van der Waals surface area contributed by atoms with Gasteiger partial charge in [-0.25, -0.2) is 0 Å². The number of rotatable bonds is 10. The molecule has 1 saturated heterocycles. The van der Waals surface area contributed by atoms with Crippen molar-refractivity contribution in [3.8, 4) is 5.75 Å². The number of amides is 2. The first-order valence-electron chi connectivity index (χ1n) is 11.3. The van der Waals surface area contributed by atoms with E-state index in [2.05, 4.69) is 35.7 Å². The van der Waals surface area contributed by atoms with Crippen LogP contribution in [0.2, 0.25) is 0 Å². The van der Waals surface area contributed by atoms with E-state index in [1.165, 1.54) is 17.0 Å². The maximum atomic E-state index is 13.2. The van der Waals surface area contributed by atoms with Crippen LogP contribution in [0.4, 0.5) is 20.2 Å². The zero-order chi connectivity index (χ0) is 24.2. The number of hydrogen-bond donors (Lipinski definition) is 2. The number of halogens is 2. The van der Waals surface area contributed by atoms with Crippen molar-refractivity contribution in [1.29, 1.82) is 0 Å². The second-order valence-electron chi connectivity index (χ2n) is 9.83. The van der Waals surface area contributed by atoms with Crippen LogP contribution in [-0.4, -0.2) is 68.8 Å². The summed E-state index contributed by atoms with van der Waals surface area (Å²) in [4.78, 5) is 28.8. The molecule has 0 spiro atoms. The van der Waals surface area contributed by atoms with E-state index in [0.717, 1.165) is 19.4 Å². The van der Waals surface area contributed by atoms with Gasteiger partial charge in [0.15, 0.2) is 5.75 Å². The van der Waals surface area contributed by atoms with Crippen LogP contribution < -0.4 is 20.7 Å². The Balaban J connectivity index is 1.81. The van der Waals surface area contributed by atoms with Crippen molar-refractivity contribution in [2.24, 2.45) is 17.1 Å². The number of alkyl halides is 2. The molecule has 0 aromatic heterocycles. The molecule has 3 N–H and O–H groups in total. The average Bonchev–Trinajstić information content (AvgIpc) is 3.52. The molecule has 1 aliphatic heterocycles. The number of hydrogen-bond acceptors (Lipinski definition) is 6. The first kappa shape index (κ1) is 25.3. The molecule has 1 saturated carbocycles. The molecule has 184 valence electrons. The summed E-state index contributed by atoms with van der Waals surface area (Å²) in [6, 6.07) is 3.78. The third kappa shape index (κ3) is 7.35. The second kappa shape index (κ2) is 10.8. The predicted octanol–water partition coefficient (Wildman–Crippen LogP) is 2.68. The summed E-state index contributed by atoms with van der Waals surface area (Å²) in [6.45, 7) is 5.31. The third-order valence-electron chi connectivity index (χ3n) is 5.57. The van der Waals surface area contributed by atoms with Gasteiger partial charge in [-0.1, -0.05) is 20.8 Å². The topological polar surface area (TPSA) is 97.1 Å². The molecule has 1 aliphatic carbocycles. The van der Waals surface area contributed by atoms with Gasteiger partial charge in [-0.05, 0) is 36.3 Å². The highest BCUT2D eigenvalue weighted by Gasteiger charge is 2.33. The molecule has 2 amide bonds. The summed E-state index contributed by atoms with van der Waals surface area (Å²) in [5.41, 5.74) is 6.45. The van der Waals surface area contributed by atoms with Gasteiger partial charge in [-0.3, -0.25) is 14.5 Å². The van der Waals surface area contributed by atoms with Crippen molar-refractivity contribution in [3.63, 3.8) is 0 Å². The Kier molecular flexibility index (Phi) is 8.25. The van der Waals surface area contributed by atoms with Crippen LogP contribution >= 0.6 is 0 Å². The average molecular weight is 469 g/mol. The lowest BCUT2D eigenvalue weighted by Crippen LogP contribution is -2.51. The molecular weight excluding hydrogens is 434 g/mol. The Labute approximate surface area is 193 Å². The quantitative estimate of drug-likeness (QED) is 0.548. The van der Waals surface area contributed by atoms with E-state index >= 15 is 0 Å². The van der Waals surface area contributed by atoms with Gasteiger partial charge in [0.1, 0.15) is 12.6 Å². The number of benzene rings is 1. The van der Waals surface area contributed by atoms with Crippen molar-refractivity contribution in [3.05, 3.63) is 18.2 Å². The monoisotopic (exact) mass is 468 g/mol. The van der Waals surface area contributed by atoms with E-state index in [-0.39, 0.29) is 41.8 Å². The van der Waals surface area contributed by atoms with Gasteiger partial charge in [-0.2, -0.15) is 8.78 Å². The highest BCUT2D eigenvalue weighted by molar-refractivity contribution is 5.98. The SMILES string of the molecule is CC(C)(C)CN(CC1CC1)[C@@H](CN)C(=O)Nc1ccc(N2CCOCC2=O)cc1OC(F)F. The molecule has 1 aromatic carbocycles. The van der Waals surface area contributed by atoms with Gasteiger partial charge >= 0.3 is 6.61 Å². The zero-order valence-electron chi connectivity index (χ0n) is 19.5. The first-order valence-corrected chi connectivity index (χ1v) is 11.3. The molecule has 2 aliphatic rings. The molecular formula is C23H34F2N4O4. The van der Waals surface area contributed by atoms with E-state index in [1.54, 1.807) is 6.07 Å². The largest absolute Gasteiger partial charge is 0.433 e. The fourth-order valence-electron chi connectivity index (χ4n) is 3.95. The summed E-state index contributed by atoms with van der Waals surface area (Å²) in [5, 5.41) is 2.72. The highest BCUT2D eigenvalue weighted by atomic mass is 19.3. The summed E-state index contributed by atoms with van der Waals surface area (Å²) in [6.07, 6.45) is 2.27.